The van der Waals surface area contributed by atoms with Crippen LogP contribution in [0.3, 0.4) is 0 Å². The highest BCUT2D eigenvalue weighted by atomic mass is 15.1. The lowest BCUT2D eigenvalue weighted by Gasteiger charge is -2.28. The molecule has 0 atom stereocenters. The predicted octanol–water partition coefficient (Wildman–Crippen LogP) is 4.46. The Hall–Kier alpha value is -1.76. The Morgan fingerprint density at radius 1 is 0.650 bits per heavy atom. The third kappa shape index (κ3) is 3.41. The third-order valence-corrected chi connectivity index (χ3v) is 4.20. The van der Waals surface area contributed by atoms with Crippen LogP contribution in [0.5, 0.6) is 0 Å². The molecule has 2 aromatic rings. The number of anilines is 1. The Morgan fingerprint density at radius 3 is 1.90 bits per heavy atom. The number of aryl methyl sites for hydroxylation is 2. The van der Waals surface area contributed by atoms with E-state index in [1.807, 2.05) is 0 Å². The molecule has 0 bridgehead atoms. The van der Waals surface area contributed by atoms with Gasteiger partial charge in [-0.1, -0.05) is 42.5 Å². The summed E-state index contributed by atoms with van der Waals surface area (Å²) in [5.74, 6) is 0. The van der Waals surface area contributed by atoms with Crippen LogP contribution in [0.25, 0.3) is 0 Å². The molecule has 0 saturated carbocycles. The molecule has 1 fully saturated rings. The van der Waals surface area contributed by atoms with Crippen molar-refractivity contribution in [1.82, 2.24) is 0 Å². The molecule has 20 heavy (non-hydrogen) atoms. The number of benzene rings is 2. The molecule has 0 N–H and O–H groups in total. The van der Waals surface area contributed by atoms with Crippen LogP contribution >= 0.6 is 0 Å². The van der Waals surface area contributed by atoms with Crippen molar-refractivity contribution in [3.63, 3.8) is 0 Å². The fourth-order valence-electron chi connectivity index (χ4n) is 2.96. The Bertz CT molecular complexity index is 509. The van der Waals surface area contributed by atoms with Gasteiger partial charge in [-0.2, -0.15) is 0 Å². The molecule has 1 heterocycles. The van der Waals surface area contributed by atoms with Crippen molar-refractivity contribution in [2.45, 2.75) is 32.1 Å². The van der Waals surface area contributed by atoms with Crippen LogP contribution in [0.4, 0.5) is 5.69 Å². The first-order valence-electron chi connectivity index (χ1n) is 7.80. The molecule has 3 rings (SSSR count). The molecular formula is C19H23N. The minimum atomic E-state index is 1.13. The molecule has 1 heteroatoms. The zero-order valence-corrected chi connectivity index (χ0v) is 12.1. The summed E-state index contributed by atoms with van der Waals surface area (Å²) in [5.41, 5.74) is 4.26. The minimum Gasteiger partial charge on any atom is -0.372 e. The smallest absolute Gasteiger partial charge is 0.0366 e. The minimum absolute atomic E-state index is 1.13. The highest BCUT2D eigenvalue weighted by Crippen LogP contribution is 2.20. The Balaban J connectivity index is 1.58. The molecule has 1 nitrogen and oxygen atoms in total. The first-order valence-corrected chi connectivity index (χ1v) is 7.80. The van der Waals surface area contributed by atoms with Crippen LogP contribution in [-0.4, -0.2) is 13.1 Å². The molecule has 1 aliphatic rings. The van der Waals surface area contributed by atoms with E-state index in [1.165, 1.54) is 49.2 Å². The lowest BCUT2D eigenvalue weighted by Crippen LogP contribution is -2.29. The first kappa shape index (κ1) is 13.2. The fourth-order valence-corrected chi connectivity index (χ4v) is 2.96. The van der Waals surface area contributed by atoms with E-state index in [1.54, 1.807) is 0 Å². The Kier molecular flexibility index (Phi) is 4.37. The lowest BCUT2D eigenvalue weighted by atomic mass is 10.0. The van der Waals surface area contributed by atoms with Gasteiger partial charge in [0.15, 0.2) is 0 Å². The average Bonchev–Trinajstić information content (AvgIpc) is 2.55. The topological polar surface area (TPSA) is 3.24 Å². The zero-order chi connectivity index (χ0) is 13.6. The molecule has 0 aromatic heterocycles. The van der Waals surface area contributed by atoms with Crippen LogP contribution in [0.2, 0.25) is 0 Å². The number of nitrogens with zero attached hydrogens (tertiary/aromatic N) is 1. The van der Waals surface area contributed by atoms with E-state index in [2.05, 4.69) is 59.5 Å². The molecule has 0 spiro atoms. The monoisotopic (exact) mass is 265 g/mol. The maximum atomic E-state index is 2.52. The van der Waals surface area contributed by atoms with Crippen LogP contribution < -0.4 is 4.90 Å². The van der Waals surface area contributed by atoms with Crippen molar-refractivity contribution in [2.75, 3.05) is 18.0 Å². The van der Waals surface area contributed by atoms with Crippen LogP contribution in [0.15, 0.2) is 54.6 Å². The molecule has 1 saturated heterocycles. The highest BCUT2D eigenvalue weighted by Gasteiger charge is 2.10. The molecule has 0 radical (unpaired) electrons. The summed E-state index contributed by atoms with van der Waals surface area (Å²) >= 11 is 0. The summed E-state index contributed by atoms with van der Waals surface area (Å²) in [7, 11) is 0. The maximum absolute atomic E-state index is 2.52. The average molecular weight is 265 g/mol. The van der Waals surface area contributed by atoms with E-state index < -0.39 is 0 Å². The molecule has 0 amide bonds. The quantitative estimate of drug-likeness (QED) is 0.788. The van der Waals surface area contributed by atoms with E-state index in [0.717, 1.165) is 12.8 Å². The van der Waals surface area contributed by atoms with E-state index in [-0.39, 0.29) is 0 Å². The van der Waals surface area contributed by atoms with E-state index >= 15 is 0 Å². The van der Waals surface area contributed by atoms with Gasteiger partial charge in [0, 0.05) is 18.8 Å². The molecule has 104 valence electrons. The van der Waals surface area contributed by atoms with Crippen LogP contribution in [-0.2, 0) is 12.8 Å². The second kappa shape index (κ2) is 6.60. The van der Waals surface area contributed by atoms with Gasteiger partial charge in [0.2, 0.25) is 0 Å². The van der Waals surface area contributed by atoms with Crippen molar-refractivity contribution in [3.8, 4) is 0 Å². The summed E-state index contributed by atoms with van der Waals surface area (Å²) in [5, 5.41) is 0. The first-order chi connectivity index (χ1) is 9.92. The zero-order valence-electron chi connectivity index (χ0n) is 12.1. The number of hydrogen-bond acceptors (Lipinski definition) is 1. The summed E-state index contributed by atoms with van der Waals surface area (Å²) in [6.45, 7) is 2.45. The largest absolute Gasteiger partial charge is 0.372 e. The van der Waals surface area contributed by atoms with Gasteiger partial charge in [-0.05, 0) is 55.4 Å². The van der Waals surface area contributed by atoms with Crippen molar-refractivity contribution in [1.29, 1.82) is 0 Å². The van der Waals surface area contributed by atoms with Gasteiger partial charge < -0.3 is 4.90 Å². The summed E-state index contributed by atoms with van der Waals surface area (Å²) in [4.78, 5) is 2.52. The second-order valence-electron chi connectivity index (χ2n) is 5.70. The highest BCUT2D eigenvalue weighted by molar-refractivity contribution is 5.48. The Morgan fingerprint density at radius 2 is 1.25 bits per heavy atom. The van der Waals surface area contributed by atoms with Gasteiger partial charge in [0.25, 0.3) is 0 Å². The van der Waals surface area contributed by atoms with Gasteiger partial charge in [-0.25, -0.2) is 0 Å². The van der Waals surface area contributed by atoms with Crippen LogP contribution in [0, 0.1) is 0 Å². The number of rotatable bonds is 4. The van der Waals surface area contributed by atoms with E-state index in [9.17, 15) is 0 Å². The van der Waals surface area contributed by atoms with Crippen LogP contribution in [0.1, 0.15) is 30.4 Å². The third-order valence-electron chi connectivity index (χ3n) is 4.20. The number of piperidine rings is 1. The van der Waals surface area contributed by atoms with Gasteiger partial charge in [-0.3, -0.25) is 0 Å². The SMILES string of the molecule is c1ccc(CCc2ccc(N3CCCCC3)cc2)cc1. The van der Waals surface area contributed by atoms with Crippen molar-refractivity contribution in [3.05, 3.63) is 65.7 Å². The van der Waals surface area contributed by atoms with Crippen molar-refractivity contribution < 1.29 is 0 Å². The molecule has 0 unspecified atom stereocenters. The normalized spacial score (nSPS) is 15.3. The maximum Gasteiger partial charge on any atom is 0.0366 e. The van der Waals surface area contributed by atoms with E-state index in [4.69, 9.17) is 0 Å². The molecule has 0 aliphatic carbocycles. The standard InChI is InChI=1S/C19H23N/c1-3-7-17(8-4-1)9-10-18-11-13-19(14-12-18)20-15-5-2-6-16-20/h1,3-4,7-8,11-14H,2,5-6,9-10,15-16H2. The molecule has 2 aromatic carbocycles. The lowest BCUT2D eigenvalue weighted by molar-refractivity contribution is 0.578. The van der Waals surface area contributed by atoms with Crippen molar-refractivity contribution >= 4 is 5.69 Å². The summed E-state index contributed by atoms with van der Waals surface area (Å²) in [6.07, 6.45) is 6.34. The fraction of sp³-hybridized carbons (Fsp3) is 0.368. The summed E-state index contributed by atoms with van der Waals surface area (Å²) < 4.78 is 0. The molecular weight excluding hydrogens is 242 g/mol. The van der Waals surface area contributed by atoms with Gasteiger partial charge in [0.1, 0.15) is 0 Å². The van der Waals surface area contributed by atoms with E-state index in [0.29, 0.717) is 0 Å². The van der Waals surface area contributed by atoms with Gasteiger partial charge in [0.05, 0.1) is 0 Å². The van der Waals surface area contributed by atoms with Gasteiger partial charge >= 0.3 is 0 Å². The van der Waals surface area contributed by atoms with Gasteiger partial charge in [-0.15, -0.1) is 0 Å². The summed E-state index contributed by atoms with van der Waals surface area (Å²) in [6, 6.07) is 19.9. The number of hydrogen-bond donors (Lipinski definition) is 0. The Labute approximate surface area is 122 Å². The second-order valence-corrected chi connectivity index (χ2v) is 5.70. The predicted molar refractivity (Wildman–Crippen MR) is 86.4 cm³/mol. The van der Waals surface area contributed by atoms with Crippen molar-refractivity contribution in [2.24, 2.45) is 0 Å². The molecule has 1 aliphatic heterocycles.